The Hall–Kier alpha value is -1.81. The fourth-order valence-electron chi connectivity index (χ4n) is 2.47. The molecule has 0 fully saturated rings. The number of benzene rings is 2. The van der Waals surface area contributed by atoms with Gasteiger partial charge >= 0.3 is 0 Å². The molecule has 3 nitrogen and oxygen atoms in total. The van der Waals surface area contributed by atoms with Crippen LogP contribution in [-0.4, -0.2) is 14.7 Å². The van der Waals surface area contributed by atoms with Crippen molar-refractivity contribution in [3.63, 3.8) is 0 Å². The van der Waals surface area contributed by atoms with Crippen LogP contribution in [0.25, 0.3) is 11.0 Å². The number of phenols is 1. The summed E-state index contributed by atoms with van der Waals surface area (Å²) in [6.07, 6.45) is 0.632. The summed E-state index contributed by atoms with van der Waals surface area (Å²) in [6, 6.07) is 13.5. The lowest BCUT2D eigenvalue weighted by atomic mass is 10.1. The summed E-state index contributed by atoms with van der Waals surface area (Å²) < 4.78 is 3.22. The minimum atomic E-state index is 0.323. The van der Waals surface area contributed by atoms with Crippen molar-refractivity contribution in [2.45, 2.75) is 19.9 Å². The summed E-state index contributed by atoms with van der Waals surface area (Å²) in [5, 5.41) is 9.91. The number of imidazole rings is 1. The number of fused-ring (bicyclic) bond motifs is 1. The Morgan fingerprint density at radius 1 is 1.20 bits per heavy atom. The maximum atomic E-state index is 9.91. The Balaban J connectivity index is 2.09. The van der Waals surface area contributed by atoms with Crippen molar-refractivity contribution in [3.8, 4) is 5.75 Å². The van der Waals surface area contributed by atoms with E-state index in [2.05, 4.69) is 33.5 Å². The quantitative estimate of drug-likeness (QED) is 0.784. The van der Waals surface area contributed by atoms with Gasteiger partial charge in [-0.3, -0.25) is 0 Å². The number of para-hydroxylation sites is 1. The van der Waals surface area contributed by atoms with Gasteiger partial charge in [0, 0.05) is 23.0 Å². The van der Waals surface area contributed by atoms with Crippen molar-refractivity contribution in [2.75, 3.05) is 0 Å². The zero-order valence-corrected chi connectivity index (χ0v) is 12.8. The summed E-state index contributed by atoms with van der Waals surface area (Å²) in [6.45, 7) is 2.97. The third-order valence-corrected chi connectivity index (χ3v) is 3.94. The van der Waals surface area contributed by atoms with Gasteiger partial charge in [-0.2, -0.15) is 0 Å². The van der Waals surface area contributed by atoms with Gasteiger partial charge in [-0.15, -0.1) is 0 Å². The maximum Gasteiger partial charge on any atom is 0.119 e. The third kappa shape index (κ3) is 2.31. The molecule has 0 unspecified atom stereocenters. The largest absolute Gasteiger partial charge is 0.508 e. The van der Waals surface area contributed by atoms with Gasteiger partial charge in [0.05, 0.1) is 11.0 Å². The molecule has 0 aliphatic rings. The van der Waals surface area contributed by atoms with E-state index in [-0.39, 0.29) is 0 Å². The molecular weight excluding hydrogens is 316 g/mol. The second-order valence-electron chi connectivity index (χ2n) is 4.71. The second kappa shape index (κ2) is 5.29. The van der Waals surface area contributed by atoms with Gasteiger partial charge in [0.1, 0.15) is 11.6 Å². The first-order valence-electron chi connectivity index (χ1n) is 6.60. The lowest BCUT2D eigenvalue weighted by molar-refractivity contribution is 0.468. The predicted octanol–water partition coefficient (Wildman–Crippen LogP) is 4.12. The molecule has 4 heteroatoms. The molecule has 2 aromatic carbocycles. The van der Waals surface area contributed by atoms with Crippen molar-refractivity contribution >= 4 is 27.0 Å². The van der Waals surface area contributed by atoms with Crippen LogP contribution in [0.3, 0.4) is 0 Å². The van der Waals surface area contributed by atoms with Gasteiger partial charge in [0.2, 0.25) is 0 Å². The molecule has 0 radical (unpaired) electrons. The van der Waals surface area contributed by atoms with E-state index in [1.807, 2.05) is 30.3 Å². The smallest absolute Gasteiger partial charge is 0.119 e. The van der Waals surface area contributed by atoms with Gasteiger partial charge < -0.3 is 9.67 Å². The normalized spacial score (nSPS) is 11.1. The van der Waals surface area contributed by atoms with Crippen LogP contribution in [0, 0.1) is 0 Å². The van der Waals surface area contributed by atoms with E-state index in [1.54, 1.807) is 6.07 Å². The summed E-state index contributed by atoms with van der Waals surface area (Å²) >= 11 is 3.48. The number of hydrogen-bond donors (Lipinski definition) is 1. The fourth-order valence-corrected chi connectivity index (χ4v) is 2.82. The van der Waals surface area contributed by atoms with E-state index in [4.69, 9.17) is 4.98 Å². The number of aromatic hydroxyl groups is 1. The minimum absolute atomic E-state index is 0.323. The average Bonchev–Trinajstić information content (AvgIpc) is 2.77. The summed E-state index contributed by atoms with van der Waals surface area (Å²) in [5.74, 6) is 1.30. The monoisotopic (exact) mass is 330 g/mol. The van der Waals surface area contributed by atoms with Crippen LogP contribution in [0.15, 0.2) is 46.9 Å². The van der Waals surface area contributed by atoms with Crippen molar-refractivity contribution < 1.29 is 5.11 Å². The molecule has 3 aromatic rings. The zero-order valence-electron chi connectivity index (χ0n) is 11.2. The number of aromatic nitrogens is 2. The number of rotatable bonds is 3. The second-order valence-corrected chi connectivity index (χ2v) is 5.63. The highest BCUT2D eigenvalue weighted by Crippen LogP contribution is 2.24. The zero-order chi connectivity index (χ0) is 14.1. The Morgan fingerprint density at radius 3 is 2.75 bits per heavy atom. The van der Waals surface area contributed by atoms with Gasteiger partial charge in [-0.25, -0.2) is 4.98 Å². The van der Waals surface area contributed by atoms with Crippen molar-refractivity contribution in [2.24, 2.45) is 0 Å². The van der Waals surface area contributed by atoms with Crippen LogP contribution < -0.4 is 0 Å². The number of halogens is 1. The van der Waals surface area contributed by atoms with Crippen LogP contribution in [0.1, 0.15) is 18.3 Å². The van der Waals surface area contributed by atoms with E-state index in [9.17, 15) is 5.11 Å². The van der Waals surface area contributed by atoms with Gasteiger partial charge in [-0.05, 0) is 31.2 Å². The molecule has 0 saturated carbocycles. The number of phenolic OH excluding ortho intramolecular Hbond substituents is 1. The number of hydrogen-bond acceptors (Lipinski definition) is 2. The average molecular weight is 331 g/mol. The standard InChI is InChI=1S/C16H15BrN2O/c1-2-19-14-8-7-12(17)10-13(14)18-16(19)9-11-5-3-4-6-15(11)20/h3-8,10,20H,2,9H2,1H3. The van der Waals surface area contributed by atoms with Crippen molar-refractivity contribution in [1.82, 2.24) is 9.55 Å². The first-order chi connectivity index (χ1) is 9.69. The lowest BCUT2D eigenvalue weighted by Gasteiger charge is -2.07. The lowest BCUT2D eigenvalue weighted by Crippen LogP contribution is -2.02. The molecule has 3 rings (SSSR count). The van der Waals surface area contributed by atoms with E-state index < -0.39 is 0 Å². The fraction of sp³-hybridized carbons (Fsp3) is 0.188. The van der Waals surface area contributed by atoms with Crippen molar-refractivity contribution in [3.05, 3.63) is 58.3 Å². The molecule has 0 spiro atoms. The van der Waals surface area contributed by atoms with E-state index in [1.165, 1.54) is 0 Å². The van der Waals surface area contributed by atoms with Crippen LogP contribution in [0.2, 0.25) is 0 Å². The molecular formula is C16H15BrN2O. The molecule has 1 aromatic heterocycles. The summed E-state index contributed by atoms with van der Waals surface area (Å²) in [5.41, 5.74) is 3.00. The third-order valence-electron chi connectivity index (χ3n) is 3.45. The topological polar surface area (TPSA) is 38.0 Å². The van der Waals surface area contributed by atoms with Gasteiger partial charge in [0.15, 0.2) is 0 Å². The molecule has 1 heterocycles. The molecule has 102 valence electrons. The van der Waals surface area contributed by atoms with Crippen LogP contribution in [-0.2, 0) is 13.0 Å². The highest BCUT2D eigenvalue weighted by atomic mass is 79.9. The van der Waals surface area contributed by atoms with Crippen molar-refractivity contribution in [1.29, 1.82) is 0 Å². The van der Waals surface area contributed by atoms with Gasteiger partial charge in [-0.1, -0.05) is 34.1 Å². The number of aryl methyl sites for hydroxylation is 1. The number of nitrogens with zero attached hydrogens (tertiary/aromatic N) is 2. The van der Waals surface area contributed by atoms with E-state index in [0.29, 0.717) is 12.2 Å². The SMILES string of the molecule is CCn1c(Cc2ccccc2O)nc2cc(Br)ccc21. The first kappa shape index (κ1) is 13.2. The maximum absolute atomic E-state index is 9.91. The molecule has 20 heavy (non-hydrogen) atoms. The van der Waals surface area contributed by atoms with Gasteiger partial charge in [0.25, 0.3) is 0 Å². The van der Waals surface area contributed by atoms with E-state index in [0.717, 1.165) is 33.4 Å². The molecule has 0 saturated heterocycles. The summed E-state index contributed by atoms with van der Waals surface area (Å²) in [7, 11) is 0. The summed E-state index contributed by atoms with van der Waals surface area (Å²) in [4.78, 5) is 4.70. The highest BCUT2D eigenvalue weighted by Gasteiger charge is 2.11. The van der Waals surface area contributed by atoms with Crippen LogP contribution in [0.4, 0.5) is 0 Å². The Labute approximate surface area is 126 Å². The Morgan fingerprint density at radius 2 is 2.00 bits per heavy atom. The highest BCUT2D eigenvalue weighted by molar-refractivity contribution is 9.10. The molecule has 0 atom stereocenters. The van der Waals surface area contributed by atoms with Crippen LogP contribution in [0.5, 0.6) is 5.75 Å². The molecule has 0 bridgehead atoms. The molecule has 0 amide bonds. The first-order valence-corrected chi connectivity index (χ1v) is 7.40. The van der Waals surface area contributed by atoms with Crippen LogP contribution >= 0.6 is 15.9 Å². The predicted molar refractivity (Wildman–Crippen MR) is 84.0 cm³/mol. The minimum Gasteiger partial charge on any atom is -0.508 e. The van der Waals surface area contributed by atoms with E-state index >= 15 is 0 Å². The molecule has 0 aliphatic carbocycles. The molecule has 0 aliphatic heterocycles. The Kier molecular flexibility index (Phi) is 3.49. The Bertz CT molecular complexity index is 764. The molecule has 1 N–H and O–H groups in total.